The van der Waals surface area contributed by atoms with E-state index in [0.29, 0.717) is 22.5 Å². The number of para-hydroxylation sites is 1. The van der Waals surface area contributed by atoms with Gasteiger partial charge in [0.1, 0.15) is 0 Å². The lowest BCUT2D eigenvalue weighted by atomic mass is 10.2. The van der Waals surface area contributed by atoms with E-state index in [4.69, 9.17) is 11.6 Å². The van der Waals surface area contributed by atoms with Crippen LogP contribution in [0.1, 0.15) is 12.8 Å². The summed E-state index contributed by atoms with van der Waals surface area (Å²) in [4.78, 5) is 24.9. The summed E-state index contributed by atoms with van der Waals surface area (Å²) in [7, 11) is 1.65. The first-order valence-corrected chi connectivity index (χ1v) is 7.09. The third-order valence-corrected chi connectivity index (χ3v) is 4.19. The minimum absolute atomic E-state index is 0.192. The maximum Gasteiger partial charge on any atom is 0.331 e. The van der Waals surface area contributed by atoms with E-state index in [-0.39, 0.29) is 17.3 Å². The zero-order chi connectivity index (χ0) is 14.3. The van der Waals surface area contributed by atoms with Crippen LogP contribution in [0.15, 0.2) is 27.8 Å². The van der Waals surface area contributed by atoms with Crippen molar-refractivity contribution in [3.8, 4) is 0 Å². The molecule has 1 aromatic heterocycles. The third kappa shape index (κ3) is 2.07. The number of hydrogen-bond acceptors (Lipinski definition) is 3. The van der Waals surface area contributed by atoms with Crippen molar-refractivity contribution in [1.29, 1.82) is 0 Å². The van der Waals surface area contributed by atoms with Gasteiger partial charge in [-0.2, -0.15) is 0 Å². The van der Waals surface area contributed by atoms with Crippen LogP contribution in [0.5, 0.6) is 0 Å². The van der Waals surface area contributed by atoms with Gasteiger partial charge in [-0.15, -0.1) is 0 Å². The average Bonchev–Trinajstić information content (AvgIpc) is 2.94. The molecule has 3 rings (SSSR count). The second-order valence-corrected chi connectivity index (χ2v) is 5.59. The largest absolute Gasteiger partial charge is 0.331 e. The smallest absolute Gasteiger partial charge is 0.312 e. The Labute approximate surface area is 120 Å². The molecule has 0 amide bonds. The van der Waals surface area contributed by atoms with Gasteiger partial charge >= 0.3 is 5.69 Å². The molecule has 1 aliphatic heterocycles. The van der Waals surface area contributed by atoms with Gasteiger partial charge in [-0.1, -0.05) is 17.7 Å². The Morgan fingerprint density at radius 3 is 2.90 bits per heavy atom. The second-order valence-electron chi connectivity index (χ2n) is 5.19. The molecule has 0 spiro atoms. The minimum Gasteiger partial charge on any atom is -0.312 e. The van der Waals surface area contributed by atoms with Crippen molar-refractivity contribution < 1.29 is 0 Å². The van der Waals surface area contributed by atoms with Crippen LogP contribution in [0.25, 0.3) is 10.9 Å². The Hall–Kier alpha value is -1.59. The van der Waals surface area contributed by atoms with E-state index in [1.165, 1.54) is 9.13 Å². The number of halogens is 1. The van der Waals surface area contributed by atoms with E-state index in [9.17, 15) is 9.59 Å². The van der Waals surface area contributed by atoms with Crippen LogP contribution in [-0.4, -0.2) is 21.7 Å². The van der Waals surface area contributed by atoms with E-state index < -0.39 is 0 Å². The van der Waals surface area contributed by atoms with Gasteiger partial charge in [0.2, 0.25) is 0 Å². The van der Waals surface area contributed by atoms with Crippen molar-refractivity contribution in [1.82, 2.24) is 14.5 Å². The number of nitrogens with zero attached hydrogens (tertiary/aromatic N) is 2. The maximum absolute atomic E-state index is 12.5. The summed E-state index contributed by atoms with van der Waals surface area (Å²) in [5, 5.41) is 4.21. The molecule has 0 saturated carbocycles. The first kappa shape index (κ1) is 13.4. The average molecular weight is 294 g/mol. The first-order chi connectivity index (χ1) is 9.59. The third-order valence-electron chi connectivity index (χ3n) is 3.88. The minimum atomic E-state index is -0.315. The van der Waals surface area contributed by atoms with Gasteiger partial charge in [-0.3, -0.25) is 13.9 Å². The highest BCUT2D eigenvalue weighted by molar-refractivity contribution is 6.35. The van der Waals surface area contributed by atoms with Crippen molar-refractivity contribution in [2.24, 2.45) is 7.05 Å². The van der Waals surface area contributed by atoms with E-state index in [1.807, 2.05) is 0 Å². The SMILES string of the molecule is Cn1c(=O)n(CC2CCCN2)c(=O)c2cccc(Cl)c21. The topological polar surface area (TPSA) is 56.0 Å². The highest BCUT2D eigenvalue weighted by atomic mass is 35.5. The fourth-order valence-corrected chi connectivity index (χ4v) is 3.13. The number of fused-ring (bicyclic) bond motifs is 1. The highest BCUT2D eigenvalue weighted by Crippen LogP contribution is 2.18. The summed E-state index contributed by atoms with van der Waals surface area (Å²) >= 11 is 6.11. The molecule has 6 heteroatoms. The Morgan fingerprint density at radius 1 is 1.40 bits per heavy atom. The summed E-state index contributed by atoms with van der Waals surface area (Å²) in [5.74, 6) is 0. The lowest BCUT2D eigenvalue weighted by Gasteiger charge is -2.15. The molecular formula is C14H16ClN3O2. The van der Waals surface area contributed by atoms with Crippen molar-refractivity contribution in [3.63, 3.8) is 0 Å². The summed E-state index contributed by atoms with van der Waals surface area (Å²) in [6, 6.07) is 5.32. The number of aromatic nitrogens is 2. The van der Waals surface area contributed by atoms with Crippen LogP contribution in [0.4, 0.5) is 0 Å². The Bertz CT molecular complexity index is 772. The number of rotatable bonds is 2. The number of hydrogen-bond donors (Lipinski definition) is 1. The van der Waals surface area contributed by atoms with Gasteiger partial charge in [0, 0.05) is 19.6 Å². The highest BCUT2D eigenvalue weighted by Gasteiger charge is 2.19. The molecule has 1 fully saturated rings. The predicted molar refractivity (Wildman–Crippen MR) is 79.5 cm³/mol. The van der Waals surface area contributed by atoms with Gasteiger partial charge in [-0.25, -0.2) is 4.79 Å². The molecule has 0 radical (unpaired) electrons. The summed E-state index contributed by atoms with van der Waals surface area (Å²) in [6.07, 6.45) is 2.07. The molecule has 1 aliphatic rings. The summed E-state index contributed by atoms with van der Waals surface area (Å²) in [5.41, 5.74) is -0.0802. The summed E-state index contributed by atoms with van der Waals surface area (Å²) in [6.45, 7) is 1.35. The van der Waals surface area contributed by atoms with E-state index >= 15 is 0 Å². The summed E-state index contributed by atoms with van der Waals surface area (Å²) < 4.78 is 2.76. The molecule has 1 N–H and O–H groups in total. The molecule has 1 saturated heterocycles. The number of benzene rings is 1. The molecule has 1 atom stereocenters. The van der Waals surface area contributed by atoms with Gasteiger partial charge in [0.05, 0.1) is 15.9 Å². The lowest BCUT2D eigenvalue weighted by Crippen LogP contribution is -2.43. The Balaban J connectivity index is 2.23. The van der Waals surface area contributed by atoms with Crippen LogP contribution in [-0.2, 0) is 13.6 Å². The van der Waals surface area contributed by atoms with E-state index in [2.05, 4.69) is 5.32 Å². The quantitative estimate of drug-likeness (QED) is 0.902. The fourth-order valence-electron chi connectivity index (χ4n) is 2.83. The molecule has 1 aromatic carbocycles. The van der Waals surface area contributed by atoms with Gasteiger partial charge in [0.15, 0.2) is 0 Å². The van der Waals surface area contributed by atoms with Gasteiger partial charge < -0.3 is 5.32 Å². The maximum atomic E-state index is 12.5. The molecule has 5 nitrogen and oxygen atoms in total. The van der Waals surface area contributed by atoms with E-state index in [0.717, 1.165) is 19.4 Å². The second kappa shape index (κ2) is 5.07. The molecule has 0 aliphatic carbocycles. The van der Waals surface area contributed by atoms with Crippen LogP contribution in [0.2, 0.25) is 5.02 Å². The van der Waals surface area contributed by atoms with Crippen molar-refractivity contribution in [2.75, 3.05) is 6.54 Å². The monoisotopic (exact) mass is 293 g/mol. The standard InChI is InChI=1S/C14H16ClN3O2/c1-17-12-10(5-2-6-11(12)15)13(19)18(14(17)20)8-9-4-3-7-16-9/h2,5-6,9,16H,3-4,7-8H2,1H3. The Kier molecular flexibility index (Phi) is 3.40. The molecular weight excluding hydrogens is 278 g/mol. The zero-order valence-corrected chi connectivity index (χ0v) is 12.0. The molecule has 1 unspecified atom stereocenters. The fraction of sp³-hybridized carbons (Fsp3) is 0.429. The molecule has 106 valence electrons. The molecule has 2 aromatic rings. The van der Waals surface area contributed by atoms with Crippen LogP contribution >= 0.6 is 11.6 Å². The Morgan fingerprint density at radius 2 is 2.20 bits per heavy atom. The van der Waals surface area contributed by atoms with Crippen molar-refractivity contribution >= 4 is 22.5 Å². The zero-order valence-electron chi connectivity index (χ0n) is 11.2. The van der Waals surface area contributed by atoms with Crippen LogP contribution < -0.4 is 16.6 Å². The van der Waals surface area contributed by atoms with Crippen molar-refractivity contribution in [3.05, 3.63) is 44.1 Å². The number of nitrogens with one attached hydrogen (secondary N) is 1. The molecule has 0 bridgehead atoms. The van der Waals surface area contributed by atoms with Crippen LogP contribution in [0, 0.1) is 0 Å². The van der Waals surface area contributed by atoms with Gasteiger partial charge in [-0.05, 0) is 31.5 Å². The lowest BCUT2D eigenvalue weighted by molar-refractivity contribution is 0.478. The first-order valence-electron chi connectivity index (χ1n) is 6.71. The molecule has 20 heavy (non-hydrogen) atoms. The van der Waals surface area contributed by atoms with Crippen molar-refractivity contribution in [2.45, 2.75) is 25.4 Å². The molecule has 2 heterocycles. The van der Waals surface area contributed by atoms with Crippen LogP contribution in [0.3, 0.4) is 0 Å². The van der Waals surface area contributed by atoms with Gasteiger partial charge in [0.25, 0.3) is 5.56 Å². The van der Waals surface area contributed by atoms with E-state index in [1.54, 1.807) is 25.2 Å². The predicted octanol–water partition coefficient (Wildman–Crippen LogP) is 1.11. The normalized spacial score (nSPS) is 18.8. The number of aryl methyl sites for hydroxylation is 1.